The van der Waals surface area contributed by atoms with Gasteiger partial charge in [-0.2, -0.15) is 0 Å². The molecule has 0 bridgehead atoms. The molecule has 1 aliphatic heterocycles. The number of carbonyl (C=O) groups excluding carboxylic acids is 1. The van der Waals surface area contributed by atoms with E-state index >= 15 is 0 Å². The van der Waals surface area contributed by atoms with Crippen molar-refractivity contribution >= 4 is 12.0 Å². The summed E-state index contributed by atoms with van der Waals surface area (Å²) in [7, 11) is 0. The first kappa shape index (κ1) is 14.4. The summed E-state index contributed by atoms with van der Waals surface area (Å²) in [6.45, 7) is 1.55. The fraction of sp³-hybridized carbons (Fsp3) is 0.538. The van der Waals surface area contributed by atoms with Crippen molar-refractivity contribution in [3.63, 3.8) is 0 Å². The molecule has 0 aromatic carbocycles. The van der Waals surface area contributed by atoms with Gasteiger partial charge in [-0.25, -0.2) is 4.79 Å². The van der Waals surface area contributed by atoms with Gasteiger partial charge in [0.1, 0.15) is 5.76 Å². The van der Waals surface area contributed by atoms with Gasteiger partial charge in [0, 0.05) is 19.5 Å². The van der Waals surface area contributed by atoms with Crippen molar-refractivity contribution in [1.82, 2.24) is 10.2 Å². The number of urea groups is 1. The van der Waals surface area contributed by atoms with Crippen LogP contribution in [0.25, 0.3) is 0 Å². The van der Waals surface area contributed by atoms with Gasteiger partial charge in [0.15, 0.2) is 0 Å². The Morgan fingerprint density at radius 2 is 2.35 bits per heavy atom. The van der Waals surface area contributed by atoms with Gasteiger partial charge in [-0.1, -0.05) is 0 Å². The third-order valence-electron chi connectivity index (χ3n) is 3.13. The molecule has 1 atom stereocenters. The van der Waals surface area contributed by atoms with Crippen LogP contribution in [0.2, 0.25) is 0 Å². The van der Waals surface area contributed by atoms with E-state index in [2.05, 4.69) is 5.32 Å². The lowest BCUT2D eigenvalue weighted by atomic mass is 10.1. The second kappa shape index (κ2) is 6.95. The Morgan fingerprint density at radius 3 is 3.05 bits per heavy atom. The highest BCUT2D eigenvalue weighted by atomic mass is 16.5. The molecule has 20 heavy (non-hydrogen) atoms. The molecule has 1 unspecified atom stereocenters. The predicted molar refractivity (Wildman–Crippen MR) is 69.4 cm³/mol. The second-order valence-electron chi connectivity index (χ2n) is 4.58. The summed E-state index contributed by atoms with van der Waals surface area (Å²) in [4.78, 5) is 24.4. The molecule has 2 heterocycles. The van der Waals surface area contributed by atoms with Crippen LogP contribution in [0.4, 0.5) is 4.79 Å². The fourth-order valence-electron chi connectivity index (χ4n) is 2.14. The van der Waals surface area contributed by atoms with Crippen LogP contribution < -0.4 is 5.32 Å². The molecule has 2 amide bonds. The fourth-order valence-corrected chi connectivity index (χ4v) is 2.14. The molecule has 1 aromatic rings. The molecular weight excluding hydrogens is 264 g/mol. The van der Waals surface area contributed by atoms with Crippen LogP contribution in [0, 0.1) is 0 Å². The summed E-state index contributed by atoms with van der Waals surface area (Å²) in [6, 6.07) is 2.96. The molecule has 2 rings (SSSR count). The normalized spacial score (nSPS) is 18.8. The maximum atomic E-state index is 12.1. The monoisotopic (exact) mass is 282 g/mol. The Kier molecular flexibility index (Phi) is 5.00. The number of carboxylic acids is 1. The van der Waals surface area contributed by atoms with Crippen molar-refractivity contribution in [3.05, 3.63) is 24.2 Å². The highest BCUT2D eigenvalue weighted by molar-refractivity contribution is 5.76. The number of hydrogen-bond acceptors (Lipinski definition) is 4. The summed E-state index contributed by atoms with van der Waals surface area (Å²) >= 11 is 0. The van der Waals surface area contributed by atoms with E-state index in [0.29, 0.717) is 26.1 Å². The molecule has 110 valence electrons. The zero-order chi connectivity index (χ0) is 14.4. The molecule has 7 heteroatoms. The third kappa shape index (κ3) is 3.99. The van der Waals surface area contributed by atoms with Gasteiger partial charge in [0.25, 0.3) is 0 Å². The lowest BCUT2D eigenvalue weighted by Gasteiger charge is -2.34. The average molecular weight is 282 g/mol. The van der Waals surface area contributed by atoms with Crippen LogP contribution >= 0.6 is 0 Å². The van der Waals surface area contributed by atoms with Crippen LogP contribution in [0.15, 0.2) is 22.8 Å². The molecule has 0 radical (unpaired) electrons. The van der Waals surface area contributed by atoms with Crippen LogP contribution in [-0.4, -0.2) is 54.4 Å². The number of carboxylic acid groups (broad SMARTS) is 1. The van der Waals surface area contributed by atoms with Crippen LogP contribution in [0.1, 0.15) is 12.2 Å². The first-order valence-electron chi connectivity index (χ1n) is 6.53. The van der Waals surface area contributed by atoms with Gasteiger partial charge in [-0.3, -0.25) is 4.79 Å². The molecule has 0 aliphatic carbocycles. The standard InChI is InChI=1S/C13H18N2O5/c16-12(17)8-10-9-19-7-5-15(10)13(18)14-4-3-11-2-1-6-20-11/h1-2,6,10H,3-5,7-9H2,(H,14,18)(H,16,17). The van der Waals surface area contributed by atoms with E-state index in [1.54, 1.807) is 12.3 Å². The Hall–Kier alpha value is -2.02. The number of amides is 2. The Bertz CT molecular complexity index is 446. The summed E-state index contributed by atoms with van der Waals surface area (Å²) in [5, 5.41) is 11.6. The van der Waals surface area contributed by atoms with Gasteiger partial charge in [-0.05, 0) is 12.1 Å². The second-order valence-corrected chi connectivity index (χ2v) is 4.58. The number of morpholine rings is 1. The number of aliphatic carboxylic acids is 1. The number of nitrogens with zero attached hydrogens (tertiary/aromatic N) is 1. The Labute approximate surface area is 116 Å². The lowest BCUT2D eigenvalue weighted by molar-refractivity contribution is -0.139. The lowest BCUT2D eigenvalue weighted by Crippen LogP contribution is -2.53. The van der Waals surface area contributed by atoms with E-state index in [4.69, 9.17) is 14.3 Å². The van der Waals surface area contributed by atoms with E-state index in [1.807, 2.05) is 6.07 Å². The highest BCUT2D eigenvalue weighted by Crippen LogP contribution is 2.11. The molecule has 1 aromatic heterocycles. The van der Waals surface area contributed by atoms with Crippen molar-refractivity contribution in [2.24, 2.45) is 0 Å². The summed E-state index contributed by atoms with van der Waals surface area (Å²) < 4.78 is 10.4. The first-order chi connectivity index (χ1) is 9.66. The number of furan rings is 1. The Balaban J connectivity index is 1.81. The molecule has 0 saturated carbocycles. The van der Waals surface area contributed by atoms with E-state index < -0.39 is 12.0 Å². The topological polar surface area (TPSA) is 92.0 Å². The quantitative estimate of drug-likeness (QED) is 0.829. The predicted octanol–water partition coefficient (Wildman–Crippen LogP) is 0.707. The van der Waals surface area contributed by atoms with E-state index in [-0.39, 0.29) is 19.1 Å². The molecule has 0 spiro atoms. The van der Waals surface area contributed by atoms with Gasteiger partial charge < -0.3 is 24.5 Å². The number of nitrogens with one attached hydrogen (secondary N) is 1. The summed E-state index contributed by atoms with van der Waals surface area (Å²) in [6.07, 6.45) is 2.08. The number of hydrogen-bond donors (Lipinski definition) is 2. The van der Waals surface area contributed by atoms with Crippen LogP contribution in [-0.2, 0) is 16.0 Å². The molecule has 2 N–H and O–H groups in total. The largest absolute Gasteiger partial charge is 0.481 e. The van der Waals surface area contributed by atoms with Gasteiger partial charge in [0.05, 0.1) is 31.9 Å². The summed E-state index contributed by atoms with van der Waals surface area (Å²) in [5.74, 6) is -0.136. The molecule has 1 aliphatic rings. The highest BCUT2D eigenvalue weighted by Gasteiger charge is 2.28. The van der Waals surface area contributed by atoms with Crippen molar-refractivity contribution in [2.75, 3.05) is 26.3 Å². The van der Waals surface area contributed by atoms with Crippen molar-refractivity contribution in [3.8, 4) is 0 Å². The van der Waals surface area contributed by atoms with E-state index in [0.717, 1.165) is 5.76 Å². The van der Waals surface area contributed by atoms with Crippen LogP contribution in [0.5, 0.6) is 0 Å². The maximum Gasteiger partial charge on any atom is 0.317 e. The molecule has 1 fully saturated rings. The smallest absolute Gasteiger partial charge is 0.317 e. The number of rotatable bonds is 5. The summed E-state index contributed by atoms with van der Waals surface area (Å²) in [5.41, 5.74) is 0. The van der Waals surface area contributed by atoms with Gasteiger partial charge in [0.2, 0.25) is 0 Å². The minimum Gasteiger partial charge on any atom is -0.481 e. The minimum absolute atomic E-state index is 0.106. The van der Waals surface area contributed by atoms with Crippen molar-refractivity contribution < 1.29 is 23.8 Å². The van der Waals surface area contributed by atoms with E-state index in [1.165, 1.54) is 4.90 Å². The first-order valence-corrected chi connectivity index (χ1v) is 6.53. The SMILES string of the molecule is O=C(O)CC1COCCN1C(=O)NCCc1ccco1. The van der Waals surface area contributed by atoms with Crippen molar-refractivity contribution in [1.29, 1.82) is 0 Å². The maximum absolute atomic E-state index is 12.1. The average Bonchev–Trinajstić information content (AvgIpc) is 2.91. The number of carbonyl (C=O) groups is 2. The molecule has 1 saturated heterocycles. The molecular formula is C13H18N2O5. The van der Waals surface area contributed by atoms with Crippen LogP contribution in [0.3, 0.4) is 0 Å². The zero-order valence-corrected chi connectivity index (χ0v) is 11.1. The Morgan fingerprint density at radius 1 is 1.50 bits per heavy atom. The van der Waals surface area contributed by atoms with Gasteiger partial charge in [-0.15, -0.1) is 0 Å². The molecule has 7 nitrogen and oxygen atoms in total. The van der Waals surface area contributed by atoms with Gasteiger partial charge >= 0.3 is 12.0 Å². The van der Waals surface area contributed by atoms with Crippen molar-refractivity contribution in [2.45, 2.75) is 18.9 Å². The number of ether oxygens (including phenoxy) is 1. The minimum atomic E-state index is -0.936. The third-order valence-corrected chi connectivity index (χ3v) is 3.13. The van der Waals surface area contributed by atoms with E-state index in [9.17, 15) is 9.59 Å². The zero-order valence-electron chi connectivity index (χ0n) is 11.1.